The average molecular weight is 283 g/mol. The van der Waals surface area contributed by atoms with E-state index >= 15 is 0 Å². The van der Waals surface area contributed by atoms with Crippen LogP contribution in [-0.2, 0) is 6.54 Å². The molecule has 1 saturated carbocycles. The molecule has 1 unspecified atom stereocenters. The van der Waals surface area contributed by atoms with E-state index < -0.39 is 11.7 Å². The first-order chi connectivity index (χ1) is 9.48. The standard InChI is InChI=1S/C14H25N3O3/c1-16(2)8-9-17-12(11(20-3)10-15-17)13(18)14(19)6-4-5-7-14/h10,13,18-19H,4-9H2,1-3H3. The highest BCUT2D eigenvalue weighted by molar-refractivity contribution is 5.29. The van der Waals surface area contributed by atoms with Gasteiger partial charge < -0.3 is 19.8 Å². The number of rotatable bonds is 6. The van der Waals surface area contributed by atoms with Crippen molar-refractivity contribution in [1.82, 2.24) is 14.7 Å². The Balaban J connectivity index is 2.25. The minimum atomic E-state index is -1.05. The summed E-state index contributed by atoms with van der Waals surface area (Å²) in [5.74, 6) is 0.539. The van der Waals surface area contributed by atoms with Crippen molar-refractivity contribution >= 4 is 0 Å². The van der Waals surface area contributed by atoms with Crippen molar-refractivity contribution in [2.45, 2.75) is 43.9 Å². The third-order valence-electron chi connectivity index (χ3n) is 4.06. The lowest BCUT2D eigenvalue weighted by atomic mass is 9.92. The molecule has 0 amide bonds. The van der Waals surface area contributed by atoms with Gasteiger partial charge in [-0.1, -0.05) is 12.8 Å². The first-order valence-electron chi connectivity index (χ1n) is 7.13. The molecule has 1 aliphatic carbocycles. The van der Waals surface area contributed by atoms with Gasteiger partial charge in [0.2, 0.25) is 0 Å². The molecule has 1 aliphatic rings. The van der Waals surface area contributed by atoms with Gasteiger partial charge in [0.15, 0.2) is 5.75 Å². The maximum absolute atomic E-state index is 10.6. The van der Waals surface area contributed by atoms with Gasteiger partial charge in [0.1, 0.15) is 11.8 Å². The van der Waals surface area contributed by atoms with Gasteiger partial charge in [-0.25, -0.2) is 0 Å². The smallest absolute Gasteiger partial charge is 0.162 e. The summed E-state index contributed by atoms with van der Waals surface area (Å²) in [6, 6.07) is 0. The van der Waals surface area contributed by atoms with Crippen molar-refractivity contribution in [3.05, 3.63) is 11.9 Å². The van der Waals surface area contributed by atoms with Crippen LogP contribution in [0.1, 0.15) is 37.5 Å². The highest BCUT2D eigenvalue weighted by Crippen LogP contribution is 2.42. The first kappa shape index (κ1) is 15.3. The second-order valence-electron chi connectivity index (χ2n) is 5.84. The van der Waals surface area contributed by atoms with Crippen LogP contribution >= 0.6 is 0 Å². The van der Waals surface area contributed by atoms with Crippen LogP contribution in [0.5, 0.6) is 5.75 Å². The van der Waals surface area contributed by atoms with Crippen LogP contribution in [-0.4, -0.2) is 58.2 Å². The number of aliphatic hydroxyl groups is 2. The summed E-state index contributed by atoms with van der Waals surface area (Å²) >= 11 is 0. The molecule has 0 aromatic carbocycles. The molecule has 0 bridgehead atoms. The third-order valence-corrected chi connectivity index (χ3v) is 4.06. The van der Waals surface area contributed by atoms with E-state index in [0.29, 0.717) is 30.8 Å². The minimum Gasteiger partial charge on any atom is -0.493 e. The quantitative estimate of drug-likeness (QED) is 0.808. The van der Waals surface area contributed by atoms with E-state index in [1.165, 1.54) is 0 Å². The van der Waals surface area contributed by atoms with Gasteiger partial charge in [0.25, 0.3) is 0 Å². The van der Waals surface area contributed by atoms with Crippen LogP contribution in [0.3, 0.4) is 0 Å². The Bertz CT molecular complexity index is 439. The molecule has 114 valence electrons. The lowest BCUT2D eigenvalue weighted by Gasteiger charge is -2.29. The third kappa shape index (κ3) is 2.97. The van der Waals surface area contributed by atoms with Crippen molar-refractivity contribution in [2.24, 2.45) is 0 Å². The van der Waals surface area contributed by atoms with E-state index in [-0.39, 0.29) is 0 Å². The molecule has 1 atom stereocenters. The van der Waals surface area contributed by atoms with Gasteiger partial charge in [-0.15, -0.1) is 0 Å². The molecule has 1 aromatic heterocycles. The number of aromatic nitrogens is 2. The van der Waals surface area contributed by atoms with Crippen LogP contribution in [0.2, 0.25) is 0 Å². The van der Waals surface area contributed by atoms with Crippen molar-refractivity contribution in [3.8, 4) is 5.75 Å². The molecule has 0 aliphatic heterocycles. The second kappa shape index (κ2) is 6.11. The van der Waals surface area contributed by atoms with Crippen molar-refractivity contribution in [3.63, 3.8) is 0 Å². The molecular weight excluding hydrogens is 258 g/mol. The van der Waals surface area contributed by atoms with Gasteiger partial charge >= 0.3 is 0 Å². The average Bonchev–Trinajstić information content (AvgIpc) is 3.02. The van der Waals surface area contributed by atoms with Crippen molar-refractivity contribution in [1.29, 1.82) is 0 Å². The topological polar surface area (TPSA) is 70.8 Å². The fourth-order valence-corrected chi connectivity index (χ4v) is 2.80. The molecule has 6 heteroatoms. The number of nitrogens with zero attached hydrogens (tertiary/aromatic N) is 3. The van der Waals surface area contributed by atoms with Crippen LogP contribution in [0.4, 0.5) is 0 Å². The molecule has 1 heterocycles. The molecule has 0 radical (unpaired) electrons. The molecular formula is C14H25N3O3. The molecule has 1 aromatic rings. The number of likely N-dealkylation sites (N-methyl/N-ethyl adjacent to an activating group) is 1. The molecule has 6 nitrogen and oxygen atoms in total. The summed E-state index contributed by atoms with van der Waals surface area (Å²) in [4.78, 5) is 2.05. The Morgan fingerprint density at radius 1 is 1.45 bits per heavy atom. The molecule has 0 spiro atoms. The number of aliphatic hydroxyl groups excluding tert-OH is 1. The molecule has 20 heavy (non-hydrogen) atoms. The summed E-state index contributed by atoms with van der Waals surface area (Å²) in [7, 11) is 5.53. The predicted octanol–water partition coefficient (Wildman–Crippen LogP) is 0.792. The van der Waals surface area contributed by atoms with Crippen LogP contribution in [0.25, 0.3) is 0 Å². The zero-order valence-electron chi connectivity index (χ0n) is 12.5. The maximum atomic E-state index is 10.6. The lowest BCUT2D eigenvalue weighted by molar-refractivity contribution is -0.0765. The summed E-state index contributed by atoms with van der Waals surface area (Å²) < 4.78 is 7.03. The Kier molecular flexibility index (Phi) is 4.67. The van der Waals surface area contributed by atoms with E-state index in [4.69, 9.17) is 4.74 Å². The van der Waals surface area contributed by atoms with E-state index in [2.05, 4.69) is 10.00 Å². The largest absolute Gasteiger partial charge is 0.493 e. The van der Waals surface area contributed by atoms with Gasteiger partial charge in [0, 0.05) is 6.54 Å². The van der Waals surface area contributed by atoms with E-state index in [1.54, 1.807) is 18.0 Å². The Morgan fingerprint density at radius 2 is 2.10 bits per heavy atom. The summed E-state index contributed by atoms with van der Waals surface area (Å²) in [5.41, 5.74) is -0.470. The fraction of sp³-hybridized carbons (Fsp3) is 0.786. The second-order valence-corrected chi connectivity index (χ2v) is 5.84. The maximum Gasteiger partial charge on any atom is 0.162 e. The normalized spacial score (nSPS) is 19.5. The molecule has 2 N–H and O–H groups in total. The highest BCUT2D eigenvalue weighted by Gasteiger charge is 2.42. The minimum absolute atomic E-state index is 0.539. The zero-order chi connectivity index (χ0) is 14.8. The first-order valence-corrected chi connectivity index (χ1v) is 7.13. The SMILES string of the molecule is COc1cnn(CCN(C)C)c1C(O)C1(O)CCCC1. The monoisotopic (exact) mass is 283 g/mol. The van der Waals surface area contributed by atoms with Crippen LogP contribution in [0, 0.1) is 0 Å². The highest BCUT2D eigenvalue weighted by atomic mass is 16.5. The van der Waals surface area contributed by atoms with E-state index in [1.807, 2.05) is 14.1 Å². The van der Waals surface area contributed by atoms with Crippen molar-refractivity contribution < 1.29 is 14.9 Å². The Labute approximate surface area is 120 Å². The zero-order valence-corrected chi connectivity index (χ0v) is 12.5. The van der Waals surface area contributed by atoms with Crippen molar-refractivity contribution in [2.75, 3.05) is 27.7 Å². The number of ether oxygens (including phenoxy) is 1. The predicted molar refractivity (Wildman–Crippen MR) is 75.7 cm³/mol. The lowest BCUT2D eigenvalue weighted by Crippen LogP contribution is -2.35. The molecule has 0 saturated heterocycles. The van der Waals surface area contributed by atoms with Gasteiger partial charge in [-0.2, -0.15) is 5.10 Å². The van der Waals surface area contributed by atoms with E-state index in [0.717, 1.165) is 19.4 Å². The number of methoxy groups -OCH3 is 1. The number of hydrogen-bond donors (Lipinski definition) is 2. The summed E-state index contributed by atoms with van der Waals surface area (Å²) in [5, 5.41) is 25.5. The van der Waals surface area contributed by atoms with Crippen LogP contribution in [0.15, 0.2) is 6.20 Å². The van der Waals surface area contributed by atoms with Gasteiger partial charge in [-0.05, 0) is 26.9 Å². The van der Waals surface area contributed by atoms with E-state index in [9.17, 15) is 10.2 Å². The Hall–Kier alpha value is -1.11. The number of hydrogen-bond acceptors (Lipinski definition) is 5. The van der Waals surface area contributed by atoms with Gasteiger partial charge in [0.05, 0.1) is 25.5 Å². The van der Waals surface area contributed by atoms with Gasteiger partial charge in [-0.3, -0.25) is 4.68 Å². The Morgan fingerprint density at radius 3 is 2.65 bits per heavy atom. The molecule has 1 fully saturated rings. The molecule has 2 rings (SSSR count). The fourth-order valence-electron chi connectivity index (χ4n) is 2.80. The summed E-state index contributed by atoms with van der Waals surface area (Å²) in [6.45, 7) is 1.46. The summed E-state index contributed by atoms with van der Waals surface area (Å²) in [6.07, 6.45) is 3.78. The van der Waals surface area contributed by atoms with Crippen LogP contribution < -0.4 is 4.74 Å².